The highest BCUT2D eigenvalue weighted by molar-refractivity contribution is 7.90. The Hall–Kier alpha value is -2.65. The van der Waals surface area contributed by atoms with Gasteiger partial charge < -0.3 is 20.7 Å². The summed E-state index contributed by atoms with van der Waals surface area (Å²) in [6, 6.07) is 9.73. The summed E-state index contributed by atoms with van der Waals surface area (Å²) in [5, 5.41) is 2.92. The molecule has 0 fully saturated rings. The summed E-state index contributed by atoms with van der Waals surface area (Å²) in [5.41, 5.74) is 7.67. The van der Waals surface area contributed by atoms with E-state index in [1.54, 1.807) is 0 Å². The summed E-state index contributed by atoms with van der Waals surface area (Å²) in [4.78, 5) is 1.54. The largest absolute Gasteiger partial charge is 0.490 e. The third-order valence-corrected chi connectivity index (χ3v) is 5.68. The molecule has 0 amide bonds. The maximum absolute atomic E-state index is 13.9. The Morgan fingerprint density at radius 3 is 2.96 bits per heavy atom. The minimum atomic E-state index is -4.09. The number of nitrogens with one attached hydrogen (secondary N) is 1. The maximum Gasteiger partial charge on any atom is 0.289 e. The minimum absolute atomic E-state index is 0.194. The number of hydrogen-bond acceptors (Lipinski definition) is 6. The highest BCUT2D eigenvalue weighted by atomic mass is 32.2. The molecule has 0 bridgehead atoms. The molecule has 0 spiro atoms. The van der Waals surface area contributed by atoms with Crippen LogP contribution < -0.4 is 20.7 Å². The molecule has 0 aromatic heterocycles. The van der Waals surface area contributed by atoms with Gasteiger partial charge in [-0.3, -0.25) is 0 Å². The number of nitrogens with two attached hydrogens (primary N) is 1. The van der Waals surface area contributed by atoms with Gasteiger partial charge in [0.1, 0.15) is 28.9 Å². The van der Waals surface area contributed by atoms with Crippen LogP contribution in [0, 0.1) is 5.82 Å². The molecule has 4 rings (SSSR count). The van der Waals surface area contributed by atoms with Crippen molar-refractivity contribution in [1.82, 2.24) is 0 Å². The van der Waals surface area contributed by atoms with Crippen LogP contribution >= 0.6 is 0 Å². The lowest BCUT2D eigenvalue weighted by atomic mass is 10.1. The molecule has 26 heavy (non-hydrogen) atoms. The van der Waals surface area contributed by atoms with Gasteiger partial charge in [0.05, 0.1) is 24.5 Å². The van der Waals surface area contributed by atoms with E-state index >= 15 is 0 Å². The molecule has 2 heterocycles. The van der Waals surface area contributed by atoms with Gasteiger partial charge in [-0.25, -0.2) is 4.39 Å². The number of anilines is 2. The van der Waals surface area contributed by atoms with Crippen LogP contribution in [-0.4, -0.2) is 33.9 Å². The quantitative estimate of drug-likeness (QED) is 0.846. The van der Waals surface area contributed by atoms with Crippen LogP contribution in [0.1, 0.15) is 5.56 Å². The molecule has 2 aromatic carbocycles. The number of hydrogen-bond donors (Lipinski definition) is 2. The van der Waals surface area contributed by atoms with Gasteiger partial charge in [-0.1, -0.05) is 12.1 Å². The lowest BCUT2D eigenvalue weighted by molar-refractivity contribution is 0.310. The summed E-state index contributed by atoms with van der Waals surface area (Å²) < 4.78 is 48.0. The first-order valence-electron chi connectivity index (χ1n) is 8.08. The van der Waals surface area contributed by atoms with Gasteiger partial charge in [0.25, 0.3) is 10.0 Å². The van der Waals surface area contributed by atoms with Crippen molar-refractivity contribution in [3.8, 4) is 5.75 Å². The third-order valence-electron chi connectivity index (χ3n) is 4.29. The summed E-state index contributed by atoms with van der Waals surface area (Å²) in [7, 11) is -4.09. The molecule has 7 nitrogen and oxygen atoms in total. The van der Waals surface area contributed by atoms with Gasteiger partial charge in [-0.2, -0.15) is 8.42 Å². The normalized spacial score (nSPS) is 17.5. The molecule has 2 aromatic rings. The van der Waals surface area contributed by atoms with Crippen molar-refractivity contribution in [3.05, 3.63) is 47.8 Å². The van der Waals surface area contributed by atoms with E-state index in [1.807, 2.05) is 23.1 Å². The lowest BCUT2D eigenvalue weighted by Gasteiger charge is -2.32. The lowest BCUT2D eigenvalue weighted by Crippen LogP contribution is -2.40. The van der Waals surface area contributed by atoms with Gasteiger partial charge in [-0.15, -0.1) is 4.40 Å². The van der Waals surface area contributed by atoms with Crippen molar-refractivity contribution < 1.29 is 17.5 Å². The standard InChI is InChI=1S/C17H17FN4O3S/c18-12-2-1-3-13-17(12)26(23,24)21-16(20-13)10-22-6-7-25-15-5-4-11(9-19)8-14(15)22/h1-5,8H,6-7,9-10,19H2,(H,20,21). The molecule has 2 aliphatic rings. The summed E-state index contributed by atoms with van der Waals surface area (Å²) >= 11 is 0. The molecule has 2 aliphatic heterocycles. The first-order valence-corrected chi connectivity index (χ1v) is 9.52. The molecule has 0 unspecified atom stereocenters. The van der Waals surface area contributed by atoms with Gasteiger partial charge in [0.15, 0.2) is 0 Å². The number of ether oxygens (including phenoxy) is 1. The van der Waals surface area contributed by atoms with E-state index in [-0.39, 0.29) is 18.1 Å². The number of fused-ring (bicyclic) bond motifs is 2. The number of rotatable bonds is 3. The smallest absolute Gasteiger partial charge is 0.289 e. The van der Waals surface area contributed by atoms with Gasteiger partial charge in [0.2, 0.25) is 0 Å². The predicted octanol–water partition coefficient (Wildman–Crippen LogP) is 1.70. The van der Waals surface area contributed by atoms with E-state index in [9.17, 15) is 12.8 Å². The van der Waals surface area contributed by atoms with Crippen LogP contribution in [0.3, 0.4) is 0 Å². The van der Waals surface area contributed by atoms with Crippen molar-refractivity contribution in [2.45, 2.75) is 11.4 Å². The fourth-order valence-corrected chi connectivity index (χ4v) is 4.29. The second kappa shape index (κ2) is 6.26. The fraction of sp³-hybridized carbons (Fsp3) is 0.235. The average Bonchev–Trinajstić information content (AvgIpc) is 2.60. The molecule has 0 aliphatic carbocycles. The zero-order valence-corrected chi connectivity index (χ0v) is 14.6. The van der Waals surface area contributed by atoms with Gasteiger partial charge >= 0.3 is 0 Å². The van der Waals surface area contributed by atoms with E-state index in [2.05, 4.69) is 9.71 Å². The predicted molar refractivity (Wildman–Crippen MR) is 96.7 cm³/mol. The van der Waals surface area contributed by atoms with E-state index in [0.717, 1.165) is 17.3 Å². The molecule has 136 valence electrons. The molecule has 9 heteroatoms. The van der Waals surface area contributed by atoms with E-state index in [1.165, 1.54) is 12.1 Å². The maximum atomic E-state index is 13.9. The summed E-state index contributed by atoms with van der Waals surface area (Å²) in [6.45, 7) is 1.65. The second-order valence-corrected chi connectivity index (χ2v) is 7.57. The van der Waals surface area contributed by atoms with Crippen molar-refractivity contribution in [2.24, 2.45) is 10.1 Å². The molecule has 3 N–H and O–H groups in total. The Balaban J connectivity index is 1.67. The Kier molecular flexibility index (Phi) is 4.04. The van der Waals surface area contributed by atoms with E-state index < -0.39 is 20.7 Å². The van der Waals surface area contributed by atoms with Crippen LogP contribution in [0.15, 0.2) is 45.7 Å². The molecule has 0 radical (unpaired) electrons. The average molecular weight is 376 g/mol. The Bertz CT molecular complexity index is 1010. The Morgan fingerprint density at radius 2 is 2.15 bits per heavy atom. The summed E-state index contributed by atoms with van der Waals surface area (Å²) in [5.74, 6) is 0.121. The zero-order valence-electron chi connectivity index (χ0n) is 13.8. The van der Waals surface area contributed by atoms with Crippen molar-refractivity contribution in [1.29, 1.82) is 0 Å². The number of amidine groups is 1. The number of nitrogens with zero attached hydrogens (tertiary/aromatic N) is 2. The van der Waals surface area contributed by atoms with Crippen LogP contribution in [0.25, 0.3) is 0 Å². The Labute approximate surface area is 150 Å². The molecular formula is C17H17FN4O3S. The SMILES string of the molecule is NCc1ccc2c(c1)N(CC1=NS(=O)(=O)c3c(F)cccc3N1)CCO2. The topological polar surface area (TPSA) is 97.0 Å². The van der Waals surface area contributed by atoms with Crippen LogP contribution in [0.4, 0.5) is 15.8 Å². The first kappa shape index (κ1) is 16.8. The van der Waals surface area contributed by atoms with Crippen molar-refractivity contribution in [3.63, 3.8) is 0 Å². The van der Waals surface area contributed by atoms with Gasteiger partial charge in [0, 0.05) is 6.54 Å². The van der Waals surface area contributed by atoms with Crippen molar-refractivity contribution in [2.75, 3.05) is 29.9 Å². The number of halogens is 1. The number of sulfonamides is 1. The van der Waals surface area contributed by atoms with Crippen LogP contribution in [0.2, 0.25) is 0 Å². The monoisotopic (exact) mass is 376 g/mol. The molecule has 0 atom stereocenters. The summed E-state index contributed by atoms with van der Waals surface area (Å²) in [6.07, 6.45) is 0. The zero-order chi connectivity index (χ0) is 18.3. The van der Waals surface area contributed by atoms with Crippen LogP contribution in [0.5, 0.6) is 5.75 Å². The molecule has 0 saturated carbocycles. The fourth-order valence-electron chi connectivity index (χ4n) is 3.10. The van der Waals surface area contributed by atoms with Crippen molar-refractivity contribution >= 4 is 27.2 Å². The van der Waals surface area contributed by atoms with E-state index in [0.29, 0.717) is 25.4 Å². The highest BCUT2D eigenvalue weighted by Crippen LogP contribution is 2.34. The highest BCUT2D eigenvalue weighted by Gasteiger charge is 2.30. The van der Waals surface area contributed by atoms with Crippen LogP contribution in [-0.2, 0) is 16.6 Å². The Morgan fingerprint density at radius 1 is 1.31 bits per heavy atom. The van der Waals surface area contributed by atoms with E-state index in [4.69, 9.17) is 10.5 Å². The van der Waals surface area contributed by atoms with Gasteiger partial charge in [-0.05, 0) is 29.8 Å². The third kappa shape index (κ3) is 2.89. The molecular weight excluding hydrogens is 359 g/mol. The molecule has 0 saturated heterocycles. The minimum Gasteiger partial charge on any atom is -0.490 e. The first-order chi connectivity index (χ1) is 12.5. The number of benzene rings is 2. The second-order valence-electron chi connectivity index (χ2n) is 6.03.